The van der Waals surface area contributed by atoms with Gasteiger partial charge in [0.2, 0.25) is 0 Å². The molecule has 0 N–H and O–H groups in total. The summed E-state index contributed by atoms with van der Waals surface area (Å²) in [7, 11) is -5.56. The van der Waals surface area contributed by atoms with Crippen LogP contribution in [0.25, 0.3) is 64.6 Å². The van der Waals surface area contributed by atoms with E-state index < -0.39 is 22.3 Å². The van der Waals surface area contributed by atoms with Crippen molar-refractivity contribution in [1.82, 2.24) is 0 Å². The molecule has 0 fully saturated rings. The number of benzene rings is 8. The van der Waals surface area contributed by atoms with Crippen LogP contribution in [-0.4, -0.2) is 22.3 Å². The van der Waals surface area contributed by atoms with Gasteiger partial charge in [-0.15, -0.1) is 0 Å². The van der Waals surface area contributed by atoms with Crippen molar-refractivity contribution in [3.63, 3.8) is 0 Å². The molecule has 0 aliphatic carbocycles. The van der Waals surface area contributed by atoms with Crippen molar-refractivity contribution in [2.45, 2.75) is 39.3 Å². The molecule has 200 valence electrons. The van der Waals surface area contributed by atoms with Gasteiger partial charge in [0, 0.05) is 7.11 Å². The Bertz CT molecular complexity index is 2100. The number of hydrogen-bond donors (Lipinski definition) is 0. The third-order valence-corrected chi connectivity index (χ3v) is 53.0. The van der Waals surface area contributed by atoms with Crippen LogP contribution in [0.2, 0.25) is 39.3 Å². The molecule has 3 heteroatoms. The first kappa shape index (κ1) is 25.2. The lowest BCUT2D eigenvalue weighted by Gasteiger charge is -2.49. The molecule has 0 aliphatic heterocycles. The predicted octanol–water partition coefficient (Wildman–Crippen LogP) is 9.88. The van der Waals surface area contributed by atoms with E-state index in [2.05, 4.69) is 148 Å². The van der Waals surface area contributed by atoms with Gasteiger partial charge in [-0.05, 0) is 64.6 Å². The van der Waals surface area contributed by atoms with Crippen LogP contribution < -0.4 is 10.4 Å². The molecular formula is C38H36Si3. The fourth-order valence-electron chi connectivity index (χ4n) is 8.02. The second-order valence-electron chi connectivity index (χ2n) is 13.8. The third-order valence-electron chi connectivity index (χ3n) is 11.5. The molecule has 8 aromatic rings. The Hall–Kier alpha value is -3.51. The summed E-state index contributed by atoms with van der Waals surface area (Å²) < 4.78 is 0. The molecule has 0 atom stereocenters. The minimum absolute atomic E-state index is 1.36. The number of rotatable bonds is 4. The van der Waals surface area contributed by atoms with Crippen molar-refractivity contribution in [2.24, 2.45) is 0 Å². The Labute approximate surface area is 244 Å². The molecule has 0 unspecified atom stereocenters. The zero-order valence-electron chi connectivity index (χ0n) is 24.9. The lowest BCUT2D eigenvalue weighted by atomic mass is 9.94. The van der Waals surface area contributed by atoms with E-state index in [-0.39, 0.29) is 0 Å². The zero-order valence-corrected chi connectivity index (χ0v) is 27.9. The fourth-order valence-corrected chi connectivity index (χ4v) is 40.2. The monoisotopic (exact) mass is 576 g/mol. The summed E-state index contributed by atoms with van der Waals surface area (Å²) in [5, 5.41) is 20.4. The summed E-state index contributed by atoms with van der Waals surface area (Å²) in [6.45, 7) is 16.3. The molecule has 0 aliphatic rings. The molecule has 8 rings (SSSR count). The summed E-state index contributed by atoms with van der Waals surface area (Å²) in [4.78, 5) is 0. The molecular weight excluding hydrogens is 541 g/mol. The molecule has 0 nitrogen and oxygen atoms in total. The van der Waals surface area contributed by atoms with Gasteiger partial charge in [-0.25, -0.2) is 0 Å². The van der Waals surface area contributed by atoms with Crippen molar-refractivity contribution in [1.29, 1.82) is 0 Å². The average Bonchev–Trinajstić information content (AvgIpc) is 2.98. The maximum atomic E-state index is 2.75. The van der Waals surface area contributed by atoms with Gasteiger partial charge in [0.15, 0.2) is 0 Å². The van der Waals surface area contributed by atoms with E-state index in [0.29, 0.717) is 0 Å². The predicted molar refractivity (Wildman–Crippen MR) is 192 cm³/mol. The van der Waals surface area contributed by atoms with Crippen LogP contribution in [0.5, 0.6) is 0 Å². The fraction of sp³-hybridized carbons (Fsp3) is 0.158. The average molecular weight is 577 g/mol. The Morgan fingerprint density at radius 3 is 0.976 bits per heavy atom. The van der Waals surface area contributed by atoms with Gasteiger partial charge in [0.25, 0.3) is 0 Å². The van der Waals surface area contributed by atoms with Gasteiger partial charge < -0.3 is 0 Å². The van der Waals surface area contributed by atoms with E-state index in [4.69, 9.17) is 0 Å². The van der Waals surface area contributed by atoms with Crippen LogP contribution in [0.4, 0.5) is 0 Å². The highest BCUT2D eigenvalue weighted by molar-refractivity contribution is 7.73. The van der Waals surface area contributed by atoms with Crippen LogP contribution in [0.1, 0.15) is 0 Å². The molecule has 41 heavy (non-hydrogen) atoms. The highest BCUT2D eigenvalue weighted by Gasteiger charge is 2.54. The van der Waals surface area contributed by atoms with Crippen LogP contribution in [-0.2, 0) is 0 Å². The maximum absolute atomic E-state index is 2.75. The van der Waals surface area contributed by atoms with Crippen LogP contribution in [0, 0.1) is 0 Å². The Morgan fingerprint density at radius 2 is 0.610 bits per heavy atom. The Kier molecular flexibility index (Phi) is 5.10. The first-order valence-electron chi connectivity index (χ1n) is 15.0. The maximum Gasteiger partial charge on any atom is 0.0725 e. The highest BCUT2D eigenvalue weighted by atomic mass is 29.6. The van der Waals surface area contributed by atoms with Gasteiger partial charge >= 0.3 is 0 Å². The summed E-state index contributed by atoms with van der Waals surface area (Å²) in [5.41, 5.74) is 0. The van der Waals surface area contributed by atoms with Crippen LogP contribution in [0.3, 0.4) is 0 Å². The quantitative estimate of drug-likeness (QED) is 0.144. The second-order valence-corrected chi connectivity index (χ2v) is 41.1. The van der Waals surface area contributed by atoms with Crippen molar-refractivity contribution in [3.8, 4) is 0 Å². The summed E-state index contributed by atoms with van der Waals surface area (Å²) >= 11 is 0. The smallest absolute Gasteiger partial charge is 0.0725 e. The molecule has 0 aromatic heterocycles. The Morgan fingerprint density at radius 1 is 0.317 bits per heavy atom. The summed E-state index contributed by atoms with van der Waals surface area (Å²) in [5.74, 6) is 0. The minimum Gasteiger partial charge on any atom is -0.0725 e. The van der Waals surface area contributed by atoms with E-state index in [9.17, 15) is 0 Å². The van der Waals surface area contributed by atoms with Gasteiger partial charge in [-0.1, -0.05) is 159 Å². The lowest BCUT2D eigenvalue weighted by Crippen LogP contribution is -2.78. The molecule has 0 heterocycles. The van der Waals surface area contributed by atoms with Crippen molar-refractivity contribution in [3.05, 3.63) is 109 Å². The SMILES string of the molecule is C[Si](C)(c1ccc2ccc3cccc4ccc1c2c34)[Si](C)(C)[Si](C)(C)c1ccc2ccc3cccc4ccc1c2c34. The third kappa shape index (κ3) is 3.20. The molecule has 0 amide bonds. The van der Waals surface area contributed by atoms with Crippen molar-refractivity contribution < 1.29 is 0 Å². The normalized spacial score (nSPS) is 13.6. The summed E-state index contributed by atoms with van der Waals surface area (Å²) in [6.07, 6.45) is 0. The first-order chi connectivity index (χ1) is 19.6. The van der Waals surface area contributed by atoms with Gasteiger partial charge in [-0.2, -0.15) is 0 Å². The second kappa shape index (κ2) is 8.28. The van der Waals surface area contributed by atoms with Crippen LogP contribution in [0.15, 0.2) is 109 Å². The molecule has 0 radical (unpaired) electrons. The molecule has 0 saturated heterocycles. The van der Waals surface area contributed by atoms with E-state index in [1.807, 2.05) is 0 Å². The molecule has 0 saturated carbocycles. The zero-order chi connectivity index (χ0) is 28.3. The minimum atomic E-state index is -1.88. The van der Waals surface area contributed by atoms with Gasteiger partial charge in [0.05, 0.1) is 15.2 Å². The van der Waals surface area contributed by atoms with E-state index in [0.717, 1.165) is 0 Å². The largest absolute Gasteiger partial charge is 0.0725 e. The van der Waals surface area contributed by atoms with E-state index in [1.165, 1.54) is 64.6 Å². The number of hydrogen-bond acceptors (Lipinski definition) is 0. The highest BCUT2D eigenvalue weighted by Crippen LogP contribution is 2.39. The first-order valence-corrected chi connectivity index (χ1v) is 26.0. The summed E-state index contributed by atoms with van der Waals surface area (Å²) in [6, 6.07) is 42.3. The van der Waals surface area contributed by atoms with Crippen molar-refractivity contribution >= 4 is 97.3 Å². The van der Waals surface area contributed by atoms with Gasteiger partial charge in [0.1, 0.15) is 0 Å². The van der Waals surface area contributed by atoms with E-state index >= 15 is 0 Å². The standard InChI is InChI=1S/C38H36Si3/c1-39(2,33-23-19-29-15-13-25-9-7-11-27-17-21-31(33)37(29)35(25)27)41(5,6)40(3,4)34-24-20-30-16-14-26-10-8-12-28-18-22-32(34)38(30)36(26)28/h7-24H,1-6H3. The Balaban J connectivity index is 1.36. The molecule has 0 bridgehead atoms. The van der Waals surface area contributed by atoms with Crippen molar-refractivity contribution in [2.75, 3.05) is 0 Å². The van der Waals surface area contributed by atoms with E-state index in [1.54, 1.807) is 10.4 Å². The van der Waals surface area contributed by atoms with Crippen LogP contribution >= 0.6 is 0 Å². The van der Waals surface area contributed by atoms with Gasteiger partial charge in [-0.3, -0.25) is 0 Å². The molecule has 8 aromatic carbocycles. The molecule has 0 spiro atoms. The topological polar surface area (TPSA) is 0 Å². The lowest BCUT2D eigenvalue weighted by molar-refractivity contribution is 1.73.